The molecule has 1 heterocycles. The second-order valence-electron chi connectivity index (χ2n) is 5.80. The van der Waals surface area contributed by atoms with Gasteiger partial charge in [0.05, 0.1) is 13.7 Å². The maximum atomic E-state index is 12.3. The van der Waals surface area contributed by atoms with E-state index in [0.29, 0.717) is 36.5 Å². The average Bonchev–Trinajstić information content (AvgIpc) is 2.99. The number of ether oxygens (including phenoxy) is 4. The third-order valence-electron chi connectivity index (χ3n) is 4.16. The minimum Gasteiger partial charge on any atom is -0.493 e. The molecule has 0 unspecified atom stereocenters. The van der Waals surface area contributed by atoms with Crippen molar-refractivity contribution in [3.63, 3.8) is 0 Å². The zero-order valence-electron chi connectivity index (χ0n) is 13.8. The Morgan fingerprint density at radius 3 is 2.38 bits per heavy atom. The van der Waals surface area contributed by atoms with E-state index in [2.05, 4.69) is 0 Å². The molecule has 2 aliphatic rings. The molecule has 0 radical (unpaired) electrons. The van der Waals surface area contributed by atoms with Crippen molar-refractivity contribution in [1.82, 2.24) is 0 Å². The lowest BCUT2D eigenvalue weighted by Crippen LogP contribution is -2.44. The summed E-state index contributed by atoms with van der Waals surface area (Å²) >= 11 is 0. The summed E-state index contributed by atoms with van der Waals surface area (Å²) in [5.74, 6) is -1.21. The molecule has 1 aliphatic carbocycles. The van der Waals surface area contributed by atoms with Crippen LogP contribution in [0.2, 0.25) is 0 Å². The van der Waals surface area contributed by atoms with Gasteiger partial charge in [-0.25, -0.2) is 9.59 Å². The van der Waals surface area contributed by atoms with Gasteiger partial charge >= 0.3 is 11.9 Å². The molecular formula is C18H20O6. The molecule has 1 aromatic carbocycles. The zero-order valence-corrected chi connectivity index (χ0v) is 13.8. The first kappa shape index (κ1) is 16.4. The summed E-state index contributed by atoms with van der Waals surface area (Å²) in [4.78, 5) is 24.5. The van der Waals surface area contributed by atoms with Crippen molar-refractivity contribution in [2.45, 2.75) is 38.4 Å². The standard InChI is InChI=1S/C18H20O6/c1-3-22-15-11-12(6-7-14(15)21-2)10-13-16(19)23-18(24-17(13)20)8-4-5-9-18/h6-7,10-11H,3-5,8-9H2,1-2H3. The summed E-state index contributed by atoms with van der Waals surface area (Å²) in [5.41, 5.74) is 0.519. The number of carbonyl (C=O) groups excluding carboxylic acids is 2. The van der Waals surface area contributed by atoms with Crippen LogP contribution in [0.15, 0.2) is 23.8 Å². The summed E-state index contributed by atoms with van der Waals surface area (Å²) in [5, 5.41) is 0. The van der Waals surface area contributed by atoms with Crippen LogP contribution in [-0.2, 0) is 19.1 Å². The third-order valence-corrected chi connectivity index (χ3v) is 4.16. The van der Waals surface area contributed by atoms with Crippen LogP contribution in [0, 0.1) is 0 Å². The highest BCUT2D eigenvalue weighted by Gasteiger charge is 2.47. The van der Waals surface area contributed by atoms with Crippen LogP contribution in [0.1, 0.15) is 38.2 Å². The molecule has 1 saturated carbocycles. The van der Waals surface area contributed by atoms with Crippen molar-refractivity contribution in [2.75, 3.05) is 13.7 Å². The quantitative estimate of drug-likeness (QED) is 0.480. The fourth-order valence-electron chi connectivity index (χ4n) is 3.01. The number of hydrogen-bond acceptors (Lipinski definition) is 6. The number of hydrogen-bond donors (Lipinski definition) is 0. The average molecular weight is 332 g/mol. The van der Waals surface area contributed by atoms with Gasteiger partial charge in [0.25, 0.3) is 5.79 Å². The largest absolute Gasteiger partial charge is 0.493 e. The molecule has 0 N–H and O–H groups in total. The lowest BCUT2D eigenvalue weighted by molar-refractivity contribution is -0.232. The lowest BCUT2D eigenvalue weighted by atomic mass is 10.1. The van der Waals surface area contributed by atoms with E-state index in [0.717, 1.165) is 12.8 Å². The molecule has 0 bridgehead atoms. The van der Waals surface area contributed by atoms with Gasteiger partial charge in [0, 0.05) is 12.8 Å². The van der Waals surface area contributed by atoms with Gasteiger partial charge in [0.1, 0.15) is 5.57 Å². The van der Waals surface area contributed by atoms with E-state index in [9.17, 15) is 9.59 Å². The number of esters is 2. The van der Waals surface area contributed by atoms with Crippen molar-refractivity contribution in [1.29, 1.82) is 0 Å². The molecule has 1 aromatic rings. The van der Waals surface area contributed by atoms with Gasteiger partial charge in [-0.2, -0.15) is 0 Å². The van der Waals surface area contributed by atoms with Crippen LogP contribution in [0.4, 0.5) is 0 Å². The normalized spacial score (nSPS) is 19.0. The highest BCUT2D eigenvalue weighted by Crippen LogP contribution is 2.39. The number of rotatable bonds is 4. The molecule has 128 valence electrons. The second-order valence-corrected chi connectivity index (χ2v) is 5.80. The monoisotopic (exact) mass is 332 g/mol. The number of carbonyl (C=O) groups is 2. The van der Waals surface area contributed by atoms with Gasteiger partial charge in [-0.05, 0) is 43.5 Å². The summed E-state index contributed by atoms with van der Waals surface area (Å²) in [6, 6.07) is 5.15. The van der Waals surface area contributed by atoms with Gasteiger partial charge in [-0.1, -0.05) is 6.07 Å². The second kappa shape index (κ2) is 6.55. The van der Waals surface area contributed by atoms with Crippen LogP contribution in [-0.4, -0.2) is 31.4 Å². The van der Waals surface area contributed by atoms with Crippen LogP contribution >= 0.6 is 0 Å². The van der Waals surface area contributed by atoms with Gasteiger partial charge in [0.2, 0.25) is 0 Å². The Balaban J connectivity index is 1.87. The van der Waals surface area contributed by atoms with Crippen molar-refractivity contribution >= 4 is 18.0 Å². The molecule has 3 rings (SSSR count). The lowest BCUT2D eigenvalue weighted by Gasteiger charge is -2.32. The van der Waals surface area contributed by atoms with E-state index >= 15 is 0 Å². The molecule has 24 heavy (non-hydrogen) atoms. The summed E-state index contributed by atoms with van der Waals surface area (Å²) in [6.45, 7) is 2.34. The molecule has 2 fully saturated rings. The maximum Gasteiger partial charge on any atom is 0.348 e. The Hall–Kier alpha value is -2.50. The molecule has 6 heteroatoms. The SMILES string of the molecule is CCOc1cc(C=C2C(=O)OC3(CCCC3)OC2=O)ccc1OC. The van der Waals surface area contributed by atoms with Crippen molar-refractivity contribution in [2.24, 2.45) is 0 Å². The number of methoxy groups -OCH3 is 1. The molecule has 0 aromatic heterocycles. The summed E-state index contributed by atoms with van der Waals surface area (Å²) < 4.78 is 21.5. The third kappa shape index (κ3) is 3.09. The smallest absolute Gasteiger partial charge is 0.348 e. The fourth-order valence-corrected chi connectivity index (χ4v) is 3.01. The van der Waals surface area contributed by atoms with Crippen LogP contribution in [0.3, 0.4) is 0 Å². The minimum atomic E-state index is -1.05. The summed E-state index contributed by atoms with van der Waals surface area (Å²) in [6.07, 6.45) is 4.35. The molecule has 0 atom stereocenters. The van der Waals surface area contributed by atoms with Gasteiger partial charge < -0.3 is 18.9 Å². The van der Waals surface area contributed by atoms with Gasteiger partial charge in [-0.3, -0.25) is 0 Å². The molecule has 1 aliphatic heterocycles. The van der Waals surface area contributed by atoms with Crippen molar-refractivity contribution in [3.05, 3.63) is 29.3 Å². The molecule has 6 nitrogen and oxygen atoms in total. The Bertz CT molecular complexity index is 663. The highest BCUT2D eigenvalue weighted by atomic mass is 16.7. The van der Waals surface area contributed by atoms with E-state index in [4.69, 9.17) is 18.9 Å². The van der Waals surface area contributed by atoms with Crippen molar-refractivity contribution < 1.29 is 28.5 Å². The van der Waals surface area contributed by atoms with E-state index < -0.39 is 17.7 Å². The predicted molar refractivity (Wildman–Crippen MR) is 85.5 cm³/mol. The molecule has 1 spiro atoms. The van der Waals surface area contributed by atoms with E-state index in [1.165, 1.54) is 6.08 Å². The van der Waals surface area contributed by atoms with E-state index in [1.807, 2.05) is 6.92 Å². The Kier molecular flexibility index (Phi) is 4.46. The Labute approximate surface area is 140 Å². The van der Waals surface area contributed by atoms with E-state index in [-0.39, 0.29) is 5.57 Å². The van der Waals surface area contributed by atoms with Crippen molar-refractivity contribution in [3.8, 4) is 11.5 Å². The first-order chi connectivity index (χ1) is 11.6. The maximum absolute atomic E-state index is 12.3. The minimum absolute atomic E-state index is 0.111. The zero-order chi connectivity index (χ0) is 17.2. The highest BCUT2D eigenvalue weighted by molar-refractivity contribution is 6.18. The molecule has 0 amide bonds. The van der Waals surface area contributed by atoms with Gasteiger partial charge in [0.15, 0.2) is 11.5 Å². The van der Waals surface area contributed by atoms with Crippen LogP contribution in [0.25, 0.3) is 6.08 Å². The van der Waals surface area contributed by atoms with E-state index in [1.54, 1.807) is 25.3 Å². The first-order valence-electron chi connectivity index (χ1n) is 8.06. The predicted octanol–water partition coefficient (Wildman–Crippen LogP) is 2.85. The summed E-state index contributed by atoms with van der Waals surface area (Å²) in [7, 11) is 1.55. The van der Waals surface area contributed by atoms with Crippen LogP contribution < -0.4 is 9.47 Å². The fraction of sp³-hybridized carbons (Fsp3) is 0.444. The molecular weight excluding hydrogens is 312 g/mol. The van der Waals surface area contributed by atoms with Gasteiger partial charge in [-0.15, -0.1) is 0 Å². The van der Waals surface area contributed by atoms with Crippen LogP contribution in [0.5, 0.6) is 11.5 Å². The Morgan fingerprint density at radius 1 is 1.12 bits per heavy atom. The first-order valence-corrected chi connectivity index (χ1v) is 8.06. The molecule has 1 saturated heterocycles. The topological polar surface area (TPSA) is 71.1 Å². The Morgan fingerprint density at radius 2 is 1.79 bits per heavy atom. The number of benzene rings is 1.